The second-order valence-corrected chi connectivity index (χ2v) is 5.21. The fraction of sp³-hybridized carbons (Fsp3) is 1.00. The predicted molar refractivity (Wildman–Crippen MR) is 101 cm³/mol. The van der Waals surface area contributed by atoms with Crippen LogP contribution in [-0.4, -0.2) is 0 Å². The van der Waals surface area contributed by atoms with Gasteiger partial charge in [0.1, 0.15) is 0 Å². The second kappa shape index (κ2) is 24.0. The average molecular weight is 289 g/mol. The van der Waals surface area contributed by atoms with Crippen molar-refractivity contribution in [2.75, 3.05) is 0 Å². The van der Waals surface area contributed by atoms with E-state index in [1.807, 2.05) is 41.5 Å². The van der Waals surface area contributed by atoms with E-state index in [2.05, 4.69) is 41.5 Å². The first-order valence-electron chi connectivity index (χ1n) is 9.58. The number of hydrogen-bond donors (Lipinski definition) is 0. The van der Waals surface area contributed by atoms with Gasteiger partial charge in [0.2, 0.25) is 0 Å². The molecule has 1 saturated carbocycles. The van der Waals surface area contributed by atoms with Crippen LogP contribution in [0, 0.1) is 23.7 Å². The average Bonchev–Trinajstić information content (AvgIpc) is 3.22. The fourth-order valence-electron chi connectivity index (χ4n) is 2.22. The quantitative estimate of drug-likeness (QED) is 0.489. The number of rotatable bonds is 4. The van der Waals surface area contributed by atoms with E-state index < -0.39 is 0 Å². The van der Waals surface area contributed by atoms with E-state index in [1.165, 1.54) is 25.7 Å². The summed E-state index contributed by atoms with van der Waals surface area (Å²) < 4.78 is 0. The first kappa shape index (κ1) is 28.2. The lowest BCUT2D eigenvalue weighted by Crippen LogP contribution is -2.10. The Labute approximate surface area is 133 Å². The Morgan fingerprint density at radius 1 is 0.850 bits per heavy atom. The van der Waals surface area contributed by atoms with Crippen LogP contribution < -0.4 is 0 Å². The topological polar surface area (TPSA) is 0 Å². The summed E-state index contributed by atoms with van der Waals surface area (Å²) in [5, 5.41) is 0. The molecule has 0 bridgehead atoms. The molecule has 0 aromatic carbocycles. The van der Waals surface area contributed by atoms with E-state index in [0.29, 0.717) is 0 Å². The molecule has 0 heteroatoms. The minimum atomic E-state index is 0.954. The molecule has 0 heterocycles. The third kappa shape index (κ3) is 18.0. The maximum atomic E-state index is 2.44. The minimum Gasteiger partial charge on any atom is -0.0683 e. The van der Waals surface area contributed by atoms with Gasteiger partial charge >= 0.3 is 0 Å². The number of hydrogen-bond acceptors (Lipinski definition) is 0. The Kier molecular flexibility index (Phi) is 33.9. The van der Waals surface area contributed by atoms with Crippen molar-refractivity contribution in [2.45, 2.75) is 109 Å². The molecule has 4 unspecified atom stereocenters. The molecule has 20 heavy (non-hydrogen) atoms. The van der Waals surface area contributed by atoms with Gasteiger partial charge in [0.15, 0.2) is 0 Å². The summed E-state index contributed by atoms with van der Waals surface area (Å²) in [7, 11) is 0. The molecule has 0 spiro atoms. The van der Waals surface area contributed by atoms with E-state index in [4.69, 9.17) is 0 Å². The maximum Gasteiger partial charge on any atom is -0.0357 e. The van der Waals surface area contributed by atoms with Gasteiger partial charge in [-0.25, -0.2) is 0 Å². The van der Waals surface area contributed by atoms with Crippen molar-refractivity contribution in [1.82, 2.24) is 0 Å². The molecule has 0 amide bonds. The van der Waals surface area contributed by atoms with Gasteiger partial charge in [0, 0.05) is 0 Å². The van der Waals surface area contributed by atoms with Crippen LogP contribution in [0.2, 0.25) is 0 Å². The highest BCUT2D eigenvalue weighted by atomic mass is 14.4. The minimum absolute atomic E-state index is 0.954. The third-order valence-corrected chi connectivity index (χ3v) is 3.49. The van der Waals surface area contributed by atoms with Gasteiger partial charge in [-0.3, -0.25) is 0 Å². The molecule has 1 fully saturated rings. The molecule has 128 valence electrons. The Bertz CT molecular complexity index is 128. The molecular formula is C20H48. The Hall–Kier alpha value is 0. The van der Waals surface area contributed by atoms with E-state index in [1.54, 1.807) is 0 Å². The van der Waals surface area contributed by atoms with E-state index >= 15 is 0 Å². The smallest absolute Gasteiger partial charge is 0.0357 e. The van der Waals surface area contributed by atoms with Crippen LogP contribution in [0.1, 0.15) is 109 Å². The van der Waals surface area contributed by atoms with Crippen molar-refractivity contribution < 1.29 is 0 Å². The summed E-state index contributed by atoms with van der Waals surface area (Å²) in [6.45, 7) is 25.8. The highest BCUT2D eigenvalue weighted by Gasteiger charge is 2.38. The summed E-state index contributed by atoms with van der Waals surface area (Å²) in [5.41, 5.74) is 0. The Morgan fingerprint density at radius 3 is 1.35 bits per heavy atom. The van der Waals surface area contributed by atoms with Crippen molar-refractivity contribution in [3.05, 3.63) is 0 Å². The Balaban J connectivity index is -0.000000121. The highest BCUT2D eigenvalue weighted by Crippen LogP contribution is 2.46. The summed E-state index contributed by atoms with van der Waals surface area (Å²) in [6.07, 6.45) is 5.52. The van der Waals surface area contributed by atoms with Crippen molar-refractivity contribution in [2.24, 2.45) is 23.7 Å². The molecular weight excluding hydrogens is 240 g/mol. The summed E-state index contributed by atoms with van der Waals surface area (Å²) >= 11 is 0. The van der Waals surface area contributed by atoms with Crippen LogP contribution in [0.4, 0.5) is 0 Å². The van der Waals surface area contributed by atoms with Crippen LogP contribution in [0.25, 0.3) is 0 Å². The highest BCUT2D eigenvalue weighted by molar-refractivity contribution is 4.88. The van der Waals surface area contributed by atoms with Crippen LogP contribution >= 0.6 is 0 Å². The van der Waals surface area contributed by atoms with Gasteiger partial charge in [0.25, 0.3) is 0 Å². The molecule has 0 N–H and O–H groups in total. The molecule has 0 radical (unpaired) electrons. The van der Waals surface area contributed by atoms with Crippen molar-refractivity contribution in [3.8, 4) is 0 Å². The monoisotopic (exact) mass is 288 g/mol. The zero-order valence-electron chi connectivity index (χ0n) is 17.1. The van der Waals surface area contributed by atoms with Gasteiger partial charge < -0.3 is 0 Å². The molecule has 0 saturated heterocycles. The SMILES string of the molecule is CC.CC.CC.CCC.CCCC(C)C(C)C1CC1C. The van der Waals surface area contributed by atoms with Gasteiger partial charge in [-0.2, -0.15) is 0 Å². The second-order valence-electron chi connectivity index (χ2n) is 5.21. The normalized spacial score (nSPS) is 21.0. The summed E-state index contributed by atoms with van der Waals surface area (Å²) in [6, 6.07) is 0. The zero-order chi connectivity index (χ0) is 17.1. The molecule has 0 aromatic heterocycles. The van der Waals surface area contributed by atoms with Gasteiger partial charge in [-0.05, 0) is 30.1 Å². The largest absolute Gasteiger partial charge is 0.0683 e. The molecule has 0 aliphatic heterocycles. The van der Waals surface area contributed by atoms with E-state index in [0.717, 1.165) is 23.7 Å². The third-order valence-electron chi connectivity index (χ3n) is 3.49. The van der Waals surface area contributed by atoms with Crippen LogP contribution in [0.3, 0.4) is 0 Å². The van der Waals surface area contributed by atoms with Gasteiger partial charge in [0.05, 0.1) is 0 Å². The molecule has 0 nitrogen and oxygen atoms in total. The lowest BCUT2D eigenvalue weighted by atomic mass is 9.87. The molecule has 4 atom stereocenters. The van der Waals surface area contributed by atoms with Crippen LogP contribution in [-0.2, 0) is 0 Å². The molecule has 1 aliphatic rings. The van der Waals surface area contributed by atoms with Crippen molar-refractivity contribution >= 4 is 0 Å². The van der Waals surface area contributed by atoms with Crippen LogP contribution in [0.15, 0.2) is 0 Å². The van der Waals surface area contributed by atoms with Crippen molar-refractivity contribution in [3.63, 3.8) is 0 Å². The van der Waals surface area contributed by atoms with Gasteiger partial charge in [-0.15, -0.1) is 0 Å². The summed E-state index contributed by atoms with van der Waals surface area (Å²) in [4.78, 5) is 0. The zero-order valence-corrected chi connectivity index (χ0v) is 17.1. The summed E-state index contributed by atoms with van der Waals surface area (Å²) in [5.74, 6) is 4.03. The predicted octanol–water partition coefficient (Wildman–Crippen LogP) is 8.21. The van der Waals surface area contributed by atoms with Crippen molar-refractivity contribution in [1.29, 1.82) is 0 Å². The lowest BCUT2D eigenvalue weighted by Gasteiger charge is -2.18. The Morgan fingerprint density at radius 2 is 1.15 bits per heavy atom. The van der Waals surface area contributed by atoms with E-state index in [9.17, 15) is 0 Å². The van der Waals surface area contributed by atoms with Crippen LogP contribution in [0.5, 0.6) is 0 Å². The van der Waals surface area contributed by atoms with Gasteiger partial charge in [-0.1, -0.05) is 102 Å². The molecule has 1 aliphatic carbocycles. The maximum absolute atomic E-state index is 2.44. The molecule has 0 aromatic rings. The fourth-order valence-corrected chi connectivity index (χ4v) is 2.22. The lowest BCUT2D eigenvalue weighted by molar-refractivity contribution is 0.314. The standard InChI is InChI=1S/C11H22.C3H8.3C2H6/c1-5-6-8(2)10(4)11-7-9(11)3;1-3-2;3*1-2/h8-11H,5-7H2,1-4H3;3H2,1-2H3;3*1-2H3. The molecule has 1 rings (SSSR count). The van der Waals surface area contributed by atoms with E-state index in [-0.39, 0.29) is 0 Å². The first-order chi connectivity index (χ1) is 9.58. The first-order valence-corrected chi connectivity index (χ1v) is 9.58.